The van der Waals surface area contributed by atoms with Crippen molar-refractivity contribution in [1.29, 1.82) is 0 Å². The zero-order chi connectivity index (χ0) is 14.9. The van der Waals surface area contributed by atoms with Gasteiger partial charge in [-0.3, -0.25) is 0 Å². The lowest BCUT2D eigenvalue weighted by Gasteiger charge is -2.05. The summed E-state index contributed by atoms with van der Waals surface area (Å²) in [6.07, 6.45) is 1.47. The van der Waals surface area contributed by atoms with Crippen molar-refractivity contribution in [2.24, 2.45) is 0 Å². The van der Waals surface area contributed by atoms with Gasteiger partial charge in [0.25, 0.3) is 0 Å². The van der Waals surface area contributed by atoms with Gasteiger partial charge in [0.15, 0.2) is 5.82 Å². The van der Waals surface area contributed by atoms with Gasteiger partial charge in [0, 0.05) is 17.0 Å². The van der Waals surface area contributed by atoms with E-state index in [1.165, 1.54) is 11.0 Å². The van der Waals surface area contributed by atoms with E-state index in [2.05, 4.69) is 15.1 Å². The van der Waals surface area contributed by atoms with Gasteiger partial charge in [-0.15, -0.1) is 0 Å². The van der Waals surface area contributed by atoms with Crippen LogP contribution in [0.25, 0.3) is 28.0 Å². The van der Waals surface area contributed by atoms with Crippen molar-refractivity contribution in [2.75, 3.05) is 0 Å². The highest BCUT2D eigenvalue weighted by atomic mass is 16.3. The highest BCUT2D eigenvalue weighted by molar-refractivity contribution is 5.85. The molecule has 5 heteroatoms. The minimum Gasteiger partial charge on any atom is -0.493 e. The van der Waals surface area contributed by atoms with E-state index in [0.29, 0.717) is 11.5 Å². The molecular weight excluding hydrogens is 276 g/mol. The molecule has 0 fully saturated rings. The van der Waals surface area contributed by atoms with Crippen molar-refractivity contribution < 1.29 is 5.11 Å². The average molecular weight is 288 g/mol. The largest absolute Gasteiger partial charge is 0.493 e. The Bertz CT molecular complexity index is 942. The third-order valence-electron chi connectivity index (χ3n) is 3.48. The molecule has 0 saturated heterocycles. The van der Waals surface area contributed by atoms with E-state index in [1.807, 2.05) is 54.6 Å². The third-order valence-corrected chi connectivity index (χ3v) is 3.48. The van der Waals surface area contributed by atoms with Crippen LogP contribution in [0.2, 0.25) is 0 Å². The number of para-hydroxylation sites is 1. The van der Waals surface area contributed by atoms with Crippen LogP contribution in [-0.4, -0.2) is 24.9 Å². The number of hydrogen-bond acceptors (Lipinski definition) is 4. The fraction of sp³-hybridized carbons (Fsp3) is 0. The van der Waals surface area contributed by atoms with Gasteiger partial charge >= 0.3 is 0 Å². The molecule has 0 amide bonds. The lowest BCUT2D eigenvalue weighted by molar-refractivity contribution is 0.432. The lowest BCUT2D eigenvalue weighted by atomic mass is 10.2. The van der Waals surface area contributed by atoms with Crippen LogP contribution in [0.5, 0.6) is 5.88 Å². The van der Waals surface area contributed by atoms with Gasteiger partial charge in [0.1, 0.15) is 6.33 Å². The van der Waals surface area contributed by atoms with Crippen LogP contribution in [0.1, 0.15) is 0 Å². The van der Waals surface area contributed by atoms with Crippen molar-refractivity contribution in [3.8, 4) is 23.0 Å². The molecule has 0 saturated carbocycles. The summed E-state index contributed by atoms with van der Waals surface area (Å²) in [5.41, 5.74) is 2.44. The van der Waals surface area contributed by atoms with Crippen molar-refractivity contribution in [2.45, 2.75) is 0 Å². The minimum atomic E-state index is 0.0442. The maximum Gasteiger partial charge on any atom is 0.216 e. The van der Waals surface area contributed by atoms with Crippen molar-refractivity contribution in [1.82, 2.24) is 19.7 Å². The zero-order valence-electron chi connectivity index (χ0n) is 11.6. The molecule has 0 atom stereocenters. The Morgan fingerprint density at radius 1 is 0.864 bits per heavy atom. The SMILES string of the molecule is Oc1cc(-c2ccccc2)nn1-c1ncnc2ccccc12. The Hall–Kier alpha value is -3.21. The third kappa shape index (κ3) is 2.00. The molecule has 5 nitrogen and oxygen atoms in total. The van der Waals surface area contributed by atoms with Gasteiger partial charge in [-0.2, -0.15) is 9.78 Å². The number of nitrogens with zero attached hydrogens (tertiary/aromatic N) is 4. The van der Waals surface area contributed by atoms with Crippen LogP contribution in [0.3, 0.4) is 0 Å². The molecule has 0 unspecified atom stereocenters. The summed E-state index contributed by atoms with van der Waals surface area (Å²) in [5.74, 6) is 0.605. The van der Waals surface area contributed by atoms with E-state index in [-0.39, 0.29) is 5.88 Å². The quantitative estimate of drug-likeness (QED) is 0.615. The second kappa shape index (κ2) is 4.96. The van der Waals surface area contributed by atoms with Gasteiger partial charge in [-0.25, -0.2) is 9.97 Å². The van der Waals surface area contributed by atoms with Crippen LogP contribution >= 0.6 is 0 Å². The fourth-order valence-electron chi connectivity index (χ4n) is 2.44. The van der Waals surface area contributed by atoms with Crippen LogP contribution < -0.4 is 0 Å². The first kappa shape index (κ1) is 12.5. The van der Waals surface area contributed by atoms with Gasteiger partial charge in [-0.05, 0) is 12.1 Å². The van der Waals surface area contributed by atoms with E-state index in [4.69, 9.17) is 0 Å². The molecule has 2 heterocycles. The van der Waals surface area contributed by atoms with Crippen molar-refractivity contribution >= 4 is 10.9 Å². The van der Waals surface area contributed by atoms with Gasteiger partial charge in [0.05, 0.1) is 11.2 Å². The van der Waals surface area contributed by atoms with E-state index in [9.17, 15) is 5.11 Å². The number of benzene rings is 2. The van der Waals surface area contributed by atoms with E-state index >= 15 is 0 Å². The van der Waals surface area contributed by atoms with Crippen LogP contribution in [0.15, 0.2) is 67.0 Å². The number of aromatic nitrogens is 4. The number of hydrogen-bond donors (Lipinski definition) is 1. The molecule has 4 aromatic rings. The molecule has 2 aromatic heterocycles. The lowest BCUT2D eigenvalue weighted by Crippen LogP contribution is -2.01. The standard InChI is InChI=1S/C17H12N4O/c22-16-10-15(12-6-2-1-3-7-12)20-21(16)17-13-8-4-5-9-14(13)18-11-19-17/h1-11,22H. The smallest absolute Gasteiger partial charge is 0.216 e. The molecule has 1 N–H and O–H groups in total. The topological polar surface area (TPSA) is 63.8 Å². The molecule has 4 rings (SSSR count). The van der Waals surface area contributed by atoms with E-state index in [1.54, 1.807) is 6.07 Å². The summed E-state index contributed by atoms with van der Waals surface area (Å²) in [4.78, 5) is 8.50. The highest BCUT2D eigenvalue weighted by Crippen LogP contribution is 2.27. The molecule has 0 spiro atoms. The maximum atomic E-state index is 10.2. The Balaban J connectivity index is 1.91. The summed E-state index contributed by atoms with van der Waals surface area (Å²) < 4.78 is 1.44. The Kier molecular flexibility index (Phi) is 2.83. The second-order valence-corrected chi connectivity index (χ2v) is 4.88. The minimum absolute atomic E-state index is 0.0442. The molecule has 22 heavy (non-hydrogen) atoms. The second-order valence-electron chi connectivity index (χ2n) is 4.88. The van der Waals surface area contributed by atoms with E-state index in [0.717, 1.165) is 16.5 Å². The summed E-state index contributed by atoms with van der Waals surface area (Å²) >= 11 is 0. The first-order valence-electron chi connectivity index (χ1n) is 6.87. The molecule has 106 valence electrons. The maximum absolute atomic E-state index is 10.2. The normalized spacial score (nSPS) is 10.9. The average Bonchev–Trinajstić information content (AvgIpc) is 2.97. The molecule has 2 aromatic carbocycles. The summed E-state index contributed by atoms with van der Waals surface area (Å²) in [6.45, 7) is 0. The number of rotatable bonds is 2. The predicted molar refractivity (Wildman–Crippen MR) is 83.8 cm³/mol. The van der Waals surface area contributed by atoms with E-state index < -0.39 is 0 Å². The Morgan fingerprint density at radius 3 is 2.50 bits per heavy atom. The summed E-state index contributed by atoms with van der Waals surface area (Å²) in [5, 5.41) is 15.6. The van der Waals surface area contributed by atoms with Crippen LogP contribution in [0, 0.1) is 0 Å². The monoisotopic (exact) mass is 288 g/mol. The van der Waals surface area contributed by atoms with Gasteiger partial charge in [0.2, 0.25) is 5.88 Å². The van der Waals surface area contributed by atoms with Crippen molar-refractivity contribution in [3.63, 3.8) is 0 Å². The molecule has 0 aliphatic heterocycles. The zero-order valence-corrected chi connectivity index (χ0v) is 11.6. The first-order valence-corrected chi connectivity index (χ1v) is 6.87. The van der Waals surface area contributed by atoms with Crippen LogP contribution in [0.4, 0.5) is 0 Å². The summed E-state index contributed by atoms with van der Waals surface area (Å²) in [7, 11) is 0. The molecule has 0 bridgehead atoms. The van der Waals surface area contributed by atoms with Crippen LogP contribution in [-0.2, 0) is 0 Å². The Labute approximate surface area is 126 Å². The predicted octanol–water partition coefficient (Wildman–Crippen LogP) is 3.19. The first-order chi connectivity index (χ1) is 10.8. The van der Waals surface area contributed by atoms with Crippen molar-refractivity contribution in [3.05, 3.63) is 67.0 Å². The van der Waals surface area contributed by atoms with Gasteiger partial charge < -0.3 is 5.11 Å². The molecule has 0 aliphatic rings. The highest BCUT2D eigenvalue weighted by Gasteiger charge is 2.13. The summed E-state index contributed by atoms with van der Waals surface area (Å²) in [6, 6.07) is 19.0. The molecule has 0 aliphatic carbocycles. The Morgan fingerprint density at radius 2 is 1.64 bits per heavy atom. The number of aromatic hydroxyl groups is 1. The fourth-order valence-corrected chi connectivity index (χ4v) is 2.44. The van der Waals surface area contributed by atoms with Gasteiger partial charge in [-0.1, -0.05) is 42.5 Å². The number of fused-ring (bicyclic) bond motifs is 1. The molecular formula is C17H12N4O. The molecule has 0 radical (unpaired) electrons.